The first kappa shape index (κ1) is 16.9. The molecule has 0 aromatic heterocycles. The topological polar surface area (TPSA) is 92.4 Å². The summed E-state index contributed by atoms with van der Waals surface area (Å²) in [6.07, 6.45) is 0.782. The van der Waals surface area contributed by atoms with Gasteiger partial charge in [-0.2, -0.15) is 0 Å². The highest BCUT2D eigenvalue weighted by Crippen LogP contribution is 2.24. The van der Waals surface area contributed by atoms with Gasteiger partial charge in [0.05, 0.1) is 12.1 Å². The molecule has 0 unspecified atom stereocenters. The van der Waals surface area contributed by atoms with Crippen molar-refractivity contribution in [2.24, 2.45) is 0 Å². The number of hydrogen-bond donors (Lipinski definition) is 3. The molecule has 0 spiro atoms. The number of aliphatic hydroxyl groups is 1. The number of anilines is 1. The zero-order chi connectivity index (χ0) is 15.6. The summed E-state index contributed by atoms with van der Waals surface area (Å²) in [4.78, 5) is -0.491. The molecule has 7 heteroatoms. The summed E-state index contributed by atoms with van der Waals surface area (Å²) in [5.41, 5.74) is 4.91. The molecular formula is C13H21FN2O3S. The highest BCUT2D eigenvalue weighted by Gasteiger charge is 2.33. The van der Waals surface area contributed by atoms with E-state index < -0.39 is 26.3 Å². The summed E-state index contributed by atoms with van der Waals surface area (Å²) in [5.74, 6) is -0.828. The zero-order valence-electron chi connectivity index (χ0n) is 11.9. The van der Waals surface area contributed by atoms with Crippen molar-refractivity contribution >= 4 is 15.7 Å². The molecule has 1 rings (SSSR count). The van der Waals surface area contributed by atoms with Crippen LogP contribution in [0.4, 0.5) is 10.1 Å². The van der Waals surface area contributed by atoms with Gasteiger partial charge in [-0.25, -0.2) is 17.5 Å². The van der Waals surface area contributed by atoms with Crippen LogP contribution in [-0.4, -0.2) is 25.7 Å². The lowest BCUT2D eigenvalue weighted by Gasteiger charge is -2.30. The molecule has 114 valence electrons. The zero-order valence-corrected chi connectivity index (χ0v) is 12.7. The van der Waals surface area contributed by atoms with E-state index in [1.54, 1.807) is 13.8 Å². The summed E-state index contributed by atoms with van der Waals surface area (Å²) >= 11 is 0. The van der Waals surface area contributed by atoms with Crippen LogP contribution in [0.3, 0.4) is 0 Å². The smallest absolute Gasteiger partial charge is 0.244 e. The van der Waals surface area contributed by atoms with Gasteiger partial charge in [0.1, 0.15) is 10.7 Å². The van der Waals surface area contributed by atoms with Crippen LogP contribution in [0.15, 0.2) is 17.0 Å². The maximum absolute atomic E-state index is 14.0. The summed E-state index contributed by atoms with van der Waals surface area (Å²) in [6, 6.07) is 2.45. The SMILES string of the molecule is CCC(CC)(CO)NS(=O)(=O)c1cc(N)cc(C)c1F. The predicted octanol–water partition coefficient (Wildman–Crippen LogP) is 1.55. The number of hydrogen-bond acceptors (Lipinski definition) is 4. The minimum absolute atomic E-state index is 0.160. The molecule has 0 fully saturated rings. The Morgan fingerprint density at radius 3 is 2.35 bits per heavy atom. The highest BCUT2D eigenvalue weighted by atomic mass is 32.2. The van der Waals surface area contributed by atoms with Crippen LogP contribution in [0, 0.1) is 12.7 Å². The third kappa shape index (κ3) is 3.28. The fourth-order valence-electron chi connectivity index (χ4n) is 1.95. The summed E-state index contributed by atoms with van der Waals surface area (Å²) < 4.78 is 41.1. The Kier molecular flexibility index (Phi) is 5.12. The van der Waals surface area contributed by atoms with Crippen LogP contribution in [0.2, 0.25) is 0 Å². The lowest BCUT2D eigenvalue weighted by atomic mass is 9.96. The Bertz CT molecular complexity index is 575. The van der Waals surface area contributed by atoms with Crippen molar-refractivity contribution in [3.63, 3.8) is 0 Å². The molecule has 5 nitrogen and oxygen atoms in total. The fraction of sp³-hybridized carbons (Fsp3) is 0.538. The molecule has 0 saturated carbocycles. The maximum atomic E-state index is 14.0. The van der Waals surface area contributed by atoms with Crippen LogP contribution in [0.5, 0.6) is 0 Å². The Balaban J connectivity index is 3.31. The van der Waals surface area contributed by atoms with E-state index in [0.29, 0.717) is 12.8 Å². The molecule has 1 aromatic carbocycles. The van der Waals surface area contributed by atoms with Gasteiger partial charge in [-0.1, -0.05) is 13.8 Å². The van der Waals surface area contributed by atoms with Crippen molar-refractivity contribution in [1.82, 2.24) is 4.72 Å². The quantitative estimate of drug-likeness (QED) is 0.695. The normalized spacial score (nSPS) is 12.7. The molecule has 0 radical (unpaired) electrons. The number of nitrogens with two attached hydrogens (primary N) is 1. The van der Waals surface area contributed by atoms with Crippen molar-refractivity contribution in [2.75, 3.05) is 12.3 Å². The van der Waals surface area contributed by atoms with Crippen LogP contribution < -0.4 is 10.5 Å². The van der Waals surface area contributed by atoms with Crippen LogP contribution in [-0.2, 0) is 10.0 Å². The average molecular weight is 304 g/mol. The molecule has 0 amide bonds. The number of nitrogen functional groups attached to an aromatic ring is 1. The Labute approximate surface area is 119 Å². The van der Waals surface area contributed by atoms with Gasteiger partial charge in [0, 0.05) is 5.69 Å². The van der Waals surface area contributed by atoms with Gasteiger partial charge in [0.25, 0.3) is 0 Å². The van der Waals surface area contributed by atoms with Crippen molar-refractivity contribution in [1.29, 1.82) is 0 Å². The van der Waals surface area contributed by atoms with Crippen molar-refractivity contribution < 1.29 is 17.9 Å². The number of sulfonamides is 1. The van der Waals surface area contributed by atoms with Crippen LogP contribution in [0.25, 0.3) is 0 Å². The third-order valence-corrected chi connectivity index (χ3v) is 5.12. The van der Waals surface area contributed by atoms with E-state index in [4.69, 9.17) is 5.73 Å². The molecule has 20 heavy (non-hydrogen) atoms. The minimum Gasteiger partial charge on any atom is -0.399 e. The van der Waals surface area contributed by atoms with E-state index >= 15 is 0 Å². The van der Waals surface area contributed by atoms with Gasteiger partial charge in [0.15, 0.2) is 0 Å². The van der Waals surface area contributed by atoms with Crippen molar-refractivity contribution in [3.05, 3.63) is 23.5 Å². The van der Waals surface area contributed by atoms with E-state index in [1.807, 2.05) is 0 Å². The number of benzene rings is 1. The summed E-state index contributed by atoms with van der Waals surface area (Å²) in [7, 11) is -4.09. The highest BCUT2D eigenvalue weighted by molar-refractivity contribution is 7.89. The molecule has 0 aliphatic rings. The van der Waals surface area contributed by atoms with Gasteiger partial charge in [-0.3, -0.25) is 0 Å². The van der Waals surface area contributed by atoms with Crippen LogP contribution >= 0.6 is 0 Å². The average Bonchev–Trinajstić information content (AvgIpc) is 2.40. The predicted molar refractivity (Wildman–Crippen MR) is 76.3 cm³/mol. The number of nitrogens with one attached hydrogen (secondary N) is 1. The first-order valence-corrected chi connectivity index (χ1v) is 7.90. The summed E-state index contributed by atoms with van der Waals surface area (Å²) in [6.45, 7) is 4.60. The van der Waals surface area contributed by atoms with Gasteiger partial charge >= 0.3 is 0 Å². The molecule has 0 heterocycles. The number of rotatable bonds is 6. The molecule has 0 aliphatic heterocycles. The number of aliphatic hydroxyl groups excluding tert-OH is 1. The minimum atomic E-state index is -4.09. The Morgan fingerprint density at radius 1 is 1.35 bits per heavy atom. The second kappa shape index (κ2) is 6.07. The monoisotopic (exact) mass is 304 g/mol. The van der Waals surface area contributed by atoms with E-state index in [2.05, 4.69) is 4.72 Å². The van der Waals surface area contributed by atoms with E-state index in [-0.39, 0.29) is 17.9 Å². The van der Waals surface area contributed by atoms with Gasteiger partial charge in [-0.15, -0.1) is 0 Å². The van der Waals surface area contributed by atoms with Crippen molar-refractivity contribution in [2.45, 2.75) is 44.0 Å². The first-order valence-electron chi connectivity index (χ1n) is 6.42. The molecule has 0 atom stereocenters. The molecule has 0 aliphatic carbocycles. The van der Waals surface area contributed by atoms with Crippen LogP contribution in [0.1, 0.15) is 32.3 Å². The Morgan fingerprint density at radius 2 is 1.90 bits per heavy atom. The van der Waals surface area contributed by atoms with Crippen molar-refractivity contribution in [3.8, 4) is 0 Å². The van der Waals surface area contributed by atoms with Gasteiger partial charge in [-0.05, 0) is 37.5 Å². The fourth-order valence-corrected chi connectivity index (χ4v) is 3.67. The van der Waals surface area contributed by atoms with Gasteiger partial charge in [0.2, 0.25) is 10.0 Å². The third-order valence-electron chi connectivity index (χ3n) is 3.54. The number of halogens is 1. The Hall–Kier alpha value is -1.18. The maximum Gasteiger partial charge on any atom is 0.244 e. The molecule has 1 aromatic rings. The van der Waals surface area contributed by atoms with E-state index in [1.165, 1.54) is 13.0 Å². The number of aryl methyl sites for hydroxylation is 1. The lowest BCUT2D eigenvalue weighted by molar-refractivity contribution is 0.172. The van der Waals surface area contributed by atoms with Gasteiger partial charge < -0.3 is 10.8 Å². The van der Waals surface area contributed by atoms with E-state index in [9.17, 15) is 17.9 Å². The second-order valence-corrected chi connectivity index (χ2v) is 6.55. The molecule has 0 bridgehead atoms. The first-order chi connectivity index (χ1) is 9.21. The van der Waals surface area contributed by atoms with E-state index in [0.717, 1.165) is 6.07 Å². The molecular weight excluding hydrogens is 283 g/mol. The molecule has 0 saturated heterocycles. The largest absolute Gasteiger partial charge is 0.399 e. The second-order valence-electron chi connectivity index (χ2n) is 4.90. The lowest BCUT2D eigenvalue weighted by Crippen LogP contribution is -2.50. The molecule has 4 N–H and O–H groups in total. The summed E-state index contributed by atoms with van der Waals surface area (Å²) in [5, 5.41) is 9.42. The standard InChI is InChI=1S/C13H21FN2O3S/c1-4-13(5-2,8-17)16-20(18,19)11-7-10(15)6-9(3)12(11)14/h6-7,16-17H,4-5,8,15H2,1-3H3.